The van der Waals surface area contributed by atoms with E-state index in [0.29, 0.717) is 25.7 Å². The minimum atomic E-state index is -0.738. The lowest BCUT2D eigenvalue weighted by Gasteiger charge is -2.31. The van der Waals surface area contributed by atoms with Crippen LogP contribution in [0.15, 0.2) is 146 Å². The molecule has 44 heavy (non-hydrogen) atoms. The second kappa shape index (κ2) is 13.6. The van der Waals surface area contributed by atoms with Crippen LogP contribution in [0.25, 0.3) is 0 Å². The number of hydrogen-bond acceptors (Lipinski definition) is 6. The van der Waals surface area contributed by atoms with Gasteiger partial charge in [0.25, 0.3) is 0 Å². The van der Waals surface area contributed by atoms with Crippen LogP contribution in [-0.4, -0.2) is 29.9 Å². The molecule has 0 saturated carbocycles. The Morgan fingerprint density at radius 2 is 0.614 bits per heavy atom. The topological polar surface area (TPSA) is 77.3 Å². The Kier molecular flexibility index (Phi) is 8.85. The van der Waals surface area contributed by atoms with E-state index >= 15 is 0 Å². The maximum Gasteiger partial charge on any atom is 0.0844 e. The second-order valence-electron chi connectivity index (χ2n) is 10.8. The lowest BCUT2D eigenvalue weighted by Crippen LogP contribution is -2.36. The molecule has 0 saturated heterocycles. The molecule has 0 bridgehead atoms. The molecule has 0 N–H and O–H groups in total. The fourth-order valence-corrected chi connectivity index (χ4v) is 5.57. The van der Waals surface area contributed by atoms with E-state index in [4.69, 9.17) is 29.9 Å². The average Bonchev–Trinajstić information content (AvgIpc) is 3.10. The molecule has 0 aromatic carbocycles. The van der Waals surface area contributed by atoms with Gasteiger partial charge in [0.15, 0.2) is 0 Å². The first-order valence-corrected chi connectivity index (χ1v) is 14.7. The Bertz CT molecular complexity index is 1570. The van der Waals surface area contributed by atoms with Crippen molar-refractivity contribution in [3.8, 4) is 11.8 Å². The zero-order chi connectivity index (χ0) is 29.9. The summed E-state index contributed by atoms with van der Waals surface area (Å²) in [6.45, 7) is 0. The van der Waals surface area contributed by atoms with Crippen molar-refractivity contribution in [1.82, 2.24) is 29.9 Å². The molecule has 0 unspecified atom stereocenters. The Morgan fingerprint density at radius 1 is 0.341 bits per heavy atom. The Balaban J connectivity index is 1.59. The summed E-state index contributed by atoms with van der Waals surface area (Å²) in [5.41, 5.74) is 3.99. The molecule has 0 radical (unpaired) electrons. The molecule has 0 fully saturated rings. The highest BCUT2D eigenvalue weighted by atomic mass is 14.8. The van der Waals surface area contributed by atoms with Crippen molar-refractivity contribution in [2.45, 2.75) is 36.5 Å². The van der Waals surface area contributed by atoms with Gasteiger partial charge in [0.05, 0.1) is 22.2 Å². The Labute approximate surface area is 258 Å². The van der Waals surface area contributed by atoms with E-state index < -0.39 is 10.8 Å². The number of pyridine rings is 6. The van der Waals surface area contributed by atoms with Crippen LogP contribution in [0.4, 0.5) is 0 Å². The maximum atomic E-state index is 4.89. The van der Waals surface area contributed by atoms with Gasteiger partial charge in [-0.2, -0.15) is 0 Å². The highest BCUT2D eigenvalue weighted by Crippen LogP contribution is 2.34. The fraction of sp³-hybridized carbons (Fsp3) is 0.158. The summed E-state index contributed by atoms with van der Waals surface area (Å²) in [6.07, 6.45) is 13.2. The zero-order valence-electron chi connectivity index (χ0n) is 24.4. The molecule has 6 heterocycles. The molecule has 6 rings (SSSR count). The third-order valence-corrected chi connectivity index (χ3v) is 7.69. The fourth-order valence-electron chi connectivity index (χ4n) is 5.57. The standard InChI is InChI=1S/C38H32N6/c1-7-21-39-31(13-1)27-37(35-17-5-11-25-43-35,28-32-14-2-8-22-40-32)19-20-38(36-18-6-12-26-44-36,29-33-15-3-9-23-41-33)30-34-16-4-10-24-42-34/h1-18,21-26H,27-30H2. The SMILES string of the molecule is C(#CC(Cc1ccccn1)(Cc1ccccn1)c1ccccn1)C(Cc1ccccn1)(Cc1ccccn1)c1ccccn1. The average molecular weight is 573 g/mol. The second-order valence-corrected chi connectivity index (χ2v) is 10.8. The van der Waals surface area contributed by atoms with Crippen LogP contribution in [0.1, 0.15) is 34.2 Å². The van der Waals surface area contributed by atoms with Gasteiger partial charge in [-0.25, -0.2) is 0 Å². The third kappa shape index (κ3) is 6.91. The van der Waals surface area contributed by atoms with Gasteiger partial charge in [0, 0.05) is 85.6 Å². The minimum Gasteiger partial charge on any atom is -0.261 e. The normalized spacial score (nSPS) is 11.4. The molecular formula is C38H32N6. The molecule has 6 nitrogen and oxygen atoms in total. The molecule has 0 amide bonds. The van der Waals surface area contributed by atoms with E-state index in [1.165, 1.54) is 0 Å². The predicted octanol–water partition coefficient (Wildman–Crippen LogP) is 6.21. The molecule has 0 aliphatic carbocycles. The van der Waals surface area contributed by atoms with Gasteiger partial charge in [0.2, 0.25) is 0 Å². The molecule has 0 spiro atoms. The summed E-state index contributed by atoms with van der Waals surface area (Å²) in [7, 11) is 0. The van der Waals surface area contributed by atoms with Crippen molar-refractivity contribution in [2.75, 3.05) is 0 Å². The van der Waals surface area contributed by atoms with Crippen molar-refractivity contribution in [3.63, 3.8) is 0 Å². The largest absolute Gasteiger partial charge is 0.261 e. The molecule has 6 aromatic rings. The highest BCUT2D eigenvalue weighted by molar-refractivity contribution is 5.43. The summed E-state index contributed by atoms with van der Waals surface area (Å²) >= 11 is 0. The van der Waals surface area contributed by atoms with Gasteiger partial charge >= 0.3 is 0 Å². The first kappa shape index (κ1) is 28.6. The van der Waals surface area contributed by atoms with Gasteiger partial charge < -0.3 is 0 Å². The van der Waals surface area contributed by atoms with Crippen LogP contribution in [0.5, 0.6) is 0 Å². The van der Waals surface area contributed by atoms with E-state index in [-0.39, 0.29) is 0 Å². The van der Waals surface area contributed by atoms with E-state index in [9.17, 15) is 0 Å². The maximum absolute atomic E-state index is 4.89. The molecule has 6 aromatic heterocycles. The van der Waals surface area contributed by atoms with Gasteiger partial charge in [-0.3, -0.25) is 29.9 Å². The van der Waals surface area contributed by atoms with Gasteiger partial charge in [-0.05, 0) is 72.8 Å². The highest BCUT2D eigenvalue weighted by Gasteiger charge is 2.38. The molecule has 0 aliphatic rings. The van der Waals surface area contributed by atoms with Crippen molar-refractivity contribution >= 4 is 0 Å². The molecule has 0 aliphatic heterocycles. The van der Waals surface area contributed by atoms with Crippen molar-refractivity contribution < 1.29 is 0 Å². The van der Waals surface area contributed by atoms with Gasteiger partial charge in [-0.15, -0.1) is 0 Å². The molecular weight excluding hydrogens is 540 g/mol. The summed E-state index contributed by atoms with van der Waals surface area (Å²) in [6, 6.07) is 36.0. The summed E-state index contributed by atoms with van der Waals surface area (Å²) < 4.78 is 0. The Morgan fingerprint density at radius 3 is 0.841 bits per heavy atom. The molecule has 214 valence electrons. The number of rotatable bonds is 10. The number of hydrogen-bond donors (Lipinski definition) is 0. The van der Waals surface area contributed by atoms with Crippen LogP contribution < -0.4 is 0 Å². The monoisotopic (exact) mass is 572 g/mol. The quantitative estimate of drug-likeness (QED) is 0.182. The number of aromatic nitrogens is 6. The van der Waals surface area contributed by atoms with E-state index in [2.05, 4.69) is 24.0 Å². The first-order valence-electron chi connectivity index (χ1n) is 14.7. The third-order valence-electron chi connectivity index (χ3n) is 7.69. The van der Waals surface area contributed by atoms with E-state index in [1.807, 2.05) is 134 Å². The lowest BCUT2D eigenvalue weighted by atomic mass is 9.72. The van der Waals surface area contributed by atoms with Crippen molar-refractivity contribution in [1.29, 1.82) is 0 Å². The van der Waals surface area contributed by atoms with E-state index in [0.717, 1.165) is 34.2 Å². The van der Waals surface area contributed by atoms with Crippen LogP contribution in [0.2, 0.25) is 0 Å². The van der Waals surface area contributed by atoms with Crippen molar-refractivity contribution in [2.24, 2.45) is 0 Å². The first-order chi connectivity index (χ1) is 21.7. The van der Waals surface area contributed by atoms with Crippen LogP contribution in [0, 0.1) is 11.8 Å². The van der Waals surface area contributed by atoms with E-state index in [1.54, 1.807) is 0 Å². The van der Waals surface area contributed by atoms with Crippen LogP contribution >= 0.6 is 0 Å². The molecule has 0 atom stereocenters. The lowest BCUT2D eigenvalue weighted by molar-refractivity contribution is 0.498. The zero-order valence-corrected chi connectivity index (χ0v) is 24.4. The van der Waals surface area contributed by atoms with Gasteiger partial charge in [0.1, 0.15) is 0 Å². The van der Waals surface area contributed by atoms with Crippen molar-refractivity contribution in [3.05, 3.63) is 181 Å². The summed E-state index contributed by atoms with van der Waals surface area (Å²) in [5.74, 6) is 7.68. The smallest absolute Gasteiger partial charge is 0.0844 e. The number of nitrogens with zero attached hydrogens (tertiary/aromatic N) is 6. The Hall–Kier alpha value is -5.54. The van der Waals surface area contributed by atoms with Gasteiger partial charge in [-0.1, -0.05) is 48.2 Å². The summed E-state index contributed by atoms with van der Waals surface area (Å²) in [5, 5.41) is 0. The van der Waals surface area contributed by atoms with Crippen LogP contribution in [-0.2, 0) is 36.5 Å². The minimum absolute atomic E-state index is 0.555. The predicted molar refractivity (Wildman–Crippen MR) is 171 cm³/mol. The van der Waals surface area contributed by atoms with Crippen LogP contribution in [0.3, 0.4) is 0 Å². The molecule has 6 heteroatoms. The summed E-state index contributed by atoms with van der Waals surface area (Å²) in [4.78, 5) is 28.7.